The van der Waals surface area contributed by atoms with E-state index in [0.29, 0.717) is 5.41 Å². The molecule has 2 N–H and O–H groups in total. The average molecular weight is 339 g/mol. The van der Waals surface area contributed by atoms with E-state index in [4.69, 9.17) is 5.73 Å². The van der Waals surface area contributed by atoms with E-state index in [-0.39, 0.29) is 6.04 Å². The molecule has 1 unspecified atom stereocenters. The molecule has 0 saturated carbocycles. The van der Waals surface area contributed by atoms with Gasteiger partial charge in [-0.3, -0.25) is 0 Å². The Morgan fingerprint density at radius 1 is 1.47 bits per heavy atom. The number of thiophene rings is 1. The predicted molar refractivity (Wildman–Crippen MR) is 84.6 cm³/mol. The van der Waals surface area contributed by atoms with Crippen LogP contribution in [0.3, 0.4) is 0 Å². The molecule has 1 atom stereocenters. The Balaban J connectivity index is 1.95. The van der Waals surface area contributed by atoms with Crippen molar-refractivity contribution in [2.24, 2.45) is 11.1 Å². The number of rotatable bonds is 2. The van der Waals surface area contributed by atoms with Crippen molar-refractivity contribution in [2.45, 2.75) is 39.3 Å². The van der Waals surface area contributed by atoms with Crippen molar-refractivity contribution in [3.05, 3.63) is 44.3 Å². The summed E-state index contributed by atoms with van der Waals surface area (Å²) in [5, 5.41) is 2.13. The number of aromatic nitrogens is 1. The first-order chi connectivity index (χ1) is 8.96. The van der Waals surface area contributed by atoms with Gasteiger partial charge in [0.15, 0.2) is 0 Å². The van der Waals surface area contributed by atoms with Crippen LogP contribution in [0.1, 0.15) is 42.4 Å². The third-order valence-electron chi connectivity index (χ3n) is 3.94. The number of nitrogens with two attached hydrogens (primary N) is 1. The maximum Gasteiger partial charge on any atom is 0.0577 e. The third kappa shape index (κ3) is 2.54. The molecule has 0 spiro atoms. The first-order valence-corrected chi connectivity index (χ1v) is 8.29. The lowest BCUT2D eigenvalue weighted by atomic mass is 9.74. The molecule has 0 amide bonds. The van der Waals surface area contributed by atoms with E-state index in [1.165, 1.54) is 20.6 Å². The van der Waals surface area contributed by atoms with E-state index in [9.17, 15) is 0 Å². The maximum absolute atomic E-state index is 6.32. The summed E-state index contributed by atoms with van der Waals surface area (Å²) in [5.41, 5.74) is 9.38. The molecular formula is C15H19BrN2S. The molecule has 0 aliphatic heterocycles. The minimum Gasteiger partial charge on any atom is -0.346 e. The summed E-state index contributed by atoms with van der Waals surface area (Å²) in [6.45, 7) is 5.57. The number of halogens is 1. The van der Waals surface area contributed by atoms with Gasteiger partial charge in [-0.25, -0.2) is 0 Å². The SMILES string of the molecule is CC1(C)Cc2c(ccn2Cc2sccc2Br)C(N)C1. The molecule has 0 fully saturated rings. The van der Waals surface area contributed by atoms with Crippen LogP contribution in [0, 0.1) is 5.41 Å². The molecule has 19 heavy (non-hydrogen) atoms. The second-order valence-corrected chi connectivity index (χ2v) is 8.04. The van der Waals surface area contributed by atoms with Crippen molar-refractivity contribution in [3.63, 3.8) is 0 Å². The first kappa shape index (κ1) is 13.4. The van der Waals surface area contributed by atoms with E-state index in [2.05, 4.69) is 58.1 Å². The van der Waals surface area contributed by atoms with Crippen molar-refractivity contribution >= 4 is 27.3 Å². The molecule has 0 saturated heterocycles. The van der Waals surface area contributed by atoms with Gasteiger partial charge >= 0.3 is 0 Å². The van der Waals surface area contributed by atoms with E-state index < -0.39 is 0 Å². The molecule has 102 valence electrons. The van der Waals surface area contributed by atoms with E-state index in [1.807, 2.05) is 0 Å². The zero-order chi connectivity index (χ0) is 13.6. The van der Waals surface area contributed by atoms with Gasteiger partial charge < -0.3 is 10.3 Å². The zero-order valence-electron chi connectivity index (χ0n) is 11.3. The Kier molecular flexibility index (Phi) is 3.36. The van der Waals surface area contributed by atoms with Crippen molar-refractivity contribution in [3.8, 4) is 0 Å². The fourth-order valence-electron chi connectivity index (χ4n) is 3.03. The number of fused-ring (bicyclic) bond motifs is 1. The molecule has 2 nitrogen and oxygen atoms in total. The predicted octanol–water partition coefficient (Wildman–Crippen LogP) is 4.33. The molecule has 1 aliphatic carbocycles. The van der Waals surface area contributed by atoms with E-state index >= 15 is 0 Å². The largest absolute Gasteiger partial charge is 0.346 e. The van der Waals surface area contributed by atoms with Crippen LogP contribution in [0.25, 0.3) is 0 Å². The van der Waals surface area contributed by atoms with Crippen molar-refractivity contribution in [1.82, 2.24) is 4.57 Å². The highest BCUT2D eigenvalue weighted by atomic mass is 79.9. The summed E-state index contributed by atoms with van der Waals surface area (Å²) in [5.74, 6) is 0. The van der Waals surface area contributed by atoms with Crippen LogP contribution >= 0.6 is 27.3 Å². The third-order valence-corrected chi connectivity index (χ3v) is 5.85. The molecule has 0 aromatic carbocycles. The van der Waals surface area contributed by atoms with Crippen molar-refractivity contribution in [1.29, 1.82) is 0 Å². The molecular weight excluding hydrogens is 320 g/mol. The van der Waals surface area contributed by atoms with Crippen LogP contribution in [0.5, 0.6) is 0 Å². The lowest BCUT2D eigenvalue weighted by Gasteiger charge is -2.34. The molecule has 0 radical (unpaired) electrons. The topological polar surface area (TPSA) is 30.9 Å². The summed E-state index contributed by atoms with van der Waals surface area (Å²) in [6.07, 6.45) is 4.39. The van der Waals surface area contributed by atoms with Gasteiger partial charge in [0.2, 0.25) is 0 Å². The van der Waals surface area contributed by atoms with Gasteiger partial charge in [0.25, 0.3) is 0 Å². The summed E-state index contributed by atoms with van der Waals surface area (Å²) in [6, 6.07) is 4.51. The quantitative estimate of drug-likeness (QED) is 0.867. The van der Waals surface area contributed by atoms with Gasteiger partial charge in [-0.15, -0.1) is 11.3 Å². The first-order valence-electron chi connectivity index (χ1n) is 6.62. The highest BCUT2D eigenvalue weighted by molar-refractivity contribution is 9.10. The molecule has 2 aromatic heterocycles. The smallest absolute Gasteiger partial charge is 0.0577 e. The number of hydrogen-bond donors (Lipinski definition) is 1. The standard InChI is InChI=1S/C15H19BrN2S/c1-15(2)7-12(17)10-3-5-18(13(10)8-15)9-14-11(16)4-6-19-14/h3-6,12H,7-9,17H2,1-2H3. The number of hydrogen-bond acceptors (Lipinski definition) is 2. The molecule has 3 rings (SSSR count). The molecule has 1 aliphatic rings. The van der Waals surface area contributed by atoms with Crippen LogP contribution in [-0.2, 0) is 13.0 Å². The fraction of sp³-hybridized carbons (Fsp3) is 0.467. The Morgan fingerprint density at radius 2 is 2.26 bits per heavy atom. The number of nitrogens with zero attached hydrogens (tertiary/aromatic N) is 1. The minimum absolute atomic E-state index is 0.187. The summed E-state index contributed by atoms with van der Waals surface area (Å²) < 4.78 is 3.58. The molecule has 2 heterocycles. The van der Waals surface area contributed by atoms with Gasteiger partial charge in [0.05, 0.1) is 6.54 Å². The van der Waals surface area contributed by atoms with Crippen molar-refractivity contribution < 1.29 is 0 Å². The highest BCUT2D eigenvalue weighted by Crippen LogP contribution is 2.40. The fourth-order valence-corrected chi connectivity index (χ4v) is 4.51. The van der Waals surface area contributed by atoms with Gasteiger partial charge in [-0.2, -0.15) is 0 Å². The maximum atomic E-state index is 6.32. The average Bonchev–Trinajstić information content (AvgIpc) is 2.87. The monoisotopic (exact) mass is 338 g/mol. The Labute approximate surface area is 126 Å². The van der Waals surface area contributed by atoms with Crippen LogP contribution in [-0.4, -0.2) is 4.57 Å². The summed E-state index contributed by atoms with van der Waals surface area (Å²) in [4.78, 5) is 1.37. The molecule has 4 heteroatoms. The van der Waals surface area contributed by atoms with Gasteiger partial charge in [-0.1, -0.05) is 13.8 Å². The van der Waals surface area contributed by atoms with Gasteiger partial charge in [0.1, 0.15) is 0 Å². The van der Waals surface area contributed by atoms with Crippen LogP contribution in [0.2, 0.25) is 0 Å². The lowest BCUT2D eigenvalue weighted by Crippen LogP contribution is -2.30. The van der Waals surface area contributed by atoms with Gasteiger partial charge in [0, 0.05) is 27.3 Å². The minimum atomic E-state index is 0.187. The zero-order valence-corrected chi connectivity index (χ0v) is 13.7. The summed E-state index contributed by atoms with van der Waals surface area (Å²) >= 11 is 5.41. The highest BCUT2D eigenvalue weighted by Gasteiger charge is 2.32. The van der Waals surface area contributed by atoms with Crippen LogP contribution in [0.4, 0.5) is 0 Å². The second-order valence-electron chi connectivity index (χ2n) is 6.19. The van der Waals surface area contributed by atoms with Crippen LogP contribution in [0.15, 0.2) is 28.2 Å². The van der Waals surface area contributed by atoms with Crippen LogP contribution < -0.4 is 5.73 Å². The second kappa shape index (κ2) is 4.76. The normalized spacial score (nSPS) is 21.4. The Morgan fingerprint density at radius 3 is 2.95 bits per heavy atom. The lowest BCUT2D eigenvalue weighted by molar-refractivity contribution is 0.276. The molecule has 2 aromatic rings. The van der Waals surface area contributed by atoms with E-state index in [1.54, 1.807) is 11.3 Å². The Hall–Kier alpha value is -0.580. The van der Waals surface area contributed by atoms with Crippen molar-refractivity contribution in [2.75, 3.05) is 0 Å². The Bertz CT molecular complexity index is 597. The molecule has 0 bridgehead atoms. The van der Waals surface area contributed by atoms with E-state index in [0.717, 1.165) is 19.4 Å². The summed E-state index contributed by atoms with van der Waals surface area (Å²) in [7, 11) is 0. The van der Waals surface area contributed by atoms with Gasteiger partial charge in [-0.05, 0) is 57.3 Å².